The summed E-state index contributed by atoms with van der Waals surface area (Å²) in [6.07, 6.45) is 5.42. The monoisotopic (exact) mass is 285 g/mol. The molecule has 4 N–H and O–H groups in total. The number of aromatic nitrogens is 1. The van der Waals surface area contributed by atoms with Gasteiger partial charge in [0.15, 0.2) is 0 Å². The number of carbonyl (C=O) groups is 1. The fourth-order valence-electron chi connectivity index (χ4n) is 1.75. The van der Waals surface area contributed by atoms with Crippen molar-refractivity contribution in [3.8, 4) is 0 Å². The number of carboxylic acid groups (broad SMARTS) is 1. The van der Waals surface area contributed by atoms with E-state index < -0.39 is 5.97 Å². The third kappa shape index (κ3) is 5.89. The molecule has 19 heavy (non-hydrogen) atoms. The van der Waals surface area contributed by atoms with E-state index in [1.807, 2.05) is 0 Å². The van der Waals surface area contributed by atoms with Crippen LogP contribution < -0.4 is 11.1 Å². The Balaban J connectivity index is 2.36. The summed E-state index contributed by atoms with van der Waals surface area (Å²) in [6.45, 7) is 1.43. The number of nitrogens with zero attached hydrogens (tertiary/aromatic N) is 1. The molecular weight excluding hydrogens is 266 g/mol. The Morgan fingerprint density at radius 3 is 2.63 bits per heavy atom. The van der Waals surface area contributed by atoms with Crippen LogP contribution in [0.2, 0.25) is 5.15 Å². The molecule has 0 amide bonds. The lowest BCUT2D eigenvalue weighted by Crippen LogP contribution is -2.09. The van der Waals surface area contributed by atoms with Gasteiger partial charge in [-0.05, 0) is 31.5 Å². The minimum atomic E-state index is -1.00. The standard InChI is InChI=1S/C13H20ClN3O2/c14-11-7-6-10(13(18)19)12(17-11)16-9-5-3-1-2-4-8-15/h6-7H,1-5,8-9,15H2,(H,16,17)(H,18,19). The summed E-state index contributed by atoms with van der Waals surface area (Å²) in [5, 5.41) is 12.3. The van der Waals surface area contributed by atoms with Crippen molar-refractivity contribution in [2.24, 2.45) is 5.73 Å². The molecule has 6 heteroatoms. The Morgan fingerprint density at radius 1 is 1.26 bits per heavy atom. The van der Waals surface area contributed by atoms with Crippen molar-refractivity contribution >= 4 is 23.4 Å². The van der Waals surface area contributed by atoms with Gasteiger partial charge in [-0.15, -0.1) is 0 Å². The summed E-state index contributed by atoms with van der Waals surface area (Å²) in [7, 11) is 0. The van der Waals surface area contributed by atoms with Gasteiger partial charge in [-0.2, -0.15) is 0 Å². The quantitative estimate of drug-likeness (QED) is 0.479. The van der Waals surface area contributed by atoms with Crippen molar-refractivity contribution in [1.82, 2.24) is 4.98 Å². The lowest BCUT2D eigenvalue weighted by molar-refractivity contribution is 0.0697. The Bertz CT molecular complexity index is 413. The average molecular weight is 286 g/mol. The fourth-order valence-corrected chi connectivity index (χ4v) is 1.90. The smallest absolute Gasteiger partial charge is 0.339 e. The Morgan fingerprint density at radius 2 is 1.95 bits per heavy atom. The van der Waals surface area contributed by atoms with Crippen LogP contribution in [0, 0.1) is 0 Å². The zero-order chi connectivity index (χ0) is 14.1. The number of anilines is 1. The molecular formula is C13H20ClN3O2. The molecule has 1 heterocycles. The lowest BCUT2D eigenvalue weighted by atomic mass is 10.1. The van der Waals surface area contributed by atoms with Gasteiger partial charge in [-0.3, -0.25) is 0 Å². The largest absolute Gasteiger partial charge is 0.478 e. The summed E-state index contributed by atoms with van der Waals surface area (Å²) in [6, 6.07) is 2.93. The molecule has 0 saturated heterocycles. The van der Waals surface area contributed by atoms with Gasteiger partial charge in [0.1, 0.15) is 16.5 Å². The topological polar surface area (TPSA) is 88.2 Å². The van der Waals surface area contributed by atoms with E-state index in [0.717, 1.165) is 38.6 Å². The number of nitrogens with one attached hydrogen (secondary N) is 1. The predicted molar refractivity (Wildman–Crippen MR) is 76.8 cm³/mol. The molecule has 5 nitrogen and oxygen atoms in total. The average Bonchev–Trinajstić information content (AvgIpc) is 2.37. The molecule has 0 bridgehead atoms. The summed E-state index contributed by atoms with van der Waals surface area (Å²) < 4.78 is 0. The van der Waals surface area contributed by atoms with Crippen LogP contribution in [0.25, 0.3) is 0 Å². The number of hydrogen-bond donors (Lipinski definition) is 3. The first kappa shape index (κ1) is 15.7. The Hall–Kier alpha value is -1.33. The second-order valence-corrected chi connectivity index (χ2v) is 4.71. The highest BCUT2D eigenvalue weighted by molar-refractivity contribution is 6.29. The second-order valence-electron chi connectivity index (χ2n) is 4.32. The third-order valence-corrected chi connectivity index (χ3v) is 2.98. The molecule has 0 aliphatic carbocycles. The van der Waals surface area contributed by atoms with Crippen LogP contribution in [-0.2, 0) is 0 Å². The molecule has 0 aliphatic heterocycles. The summed E-state index contributed by atoms with van der Waals surface area (Å²) >= 11 is 5.76. The van der Waals surface area contributed by atoms with Gasteiger partial charge in [0.2, 0.25) is 0 Å². The molecule has 0 spiro atoms. The first-order valence-electron chi connectivity index (χ1n) is 6.49. The number of pyridine rings is 1. The molecule has 0 fully saturated rings. The van der Waals surface area contributed by atoms with E-state index in [9.17, 15) is 4.79 Å². The molecule has 0 unspecified atom stereocenters. The van der Waals surface area contributed by atoms with E-state index >= 15 is 0 Å². The molecule has 1 rings (SSSR count). The number of hydrogen-bond acceptors (Lipinski definition) is 4. The maximum Gasteiger partial charge on any atom is 0.339 e. The highest BCUT2D eigenvalue weighted by atomic mass is 35.5. The van der Waals surface area contributed by atoms with Gasteiger partial charge < -0.3 is 16.2 Å². The van der Waals surface area contributed by atoms with Gasteiger partial charge in [0.05, 0.1) is 0 Å². The minimum absolute atomic E-state index is 0.146. The molecule has 0 saturated carbocycles. The number of carboxylic acids is 1. The van der Waals surface area contributed by atoms with Crippen LogP contribution in [0.1, 0.15) is 42.5 Å². The van der Waals surface area contributed by atoms with E-state index in [0.29, 0.717) is 12.4 Å². The molecule has 0 atom stereocenters. The maximum atomic E-state index is 11.0. The Kier molecular flexibility index (Phi) is 7.22. The van der Waals surface area contributed by atoms with E-state index in [2.05, 4.69) is 10.3 Å². The van der Waals surface area contributed by atoms with Gasteiger partial charge in [-0.1, -0.05) is 30.9 Å². The zero-order valence-electron chi connectivity index (χ0n) is 10.9. The summed E-state index contributed by atoms with van der Waals surface area (Å²) in [5.74, 6) is -0.670. The van der Waals surface area contributed by atoms with Crippen molar-refractivity contribution in [2.75, 3.05) is 18.4 Å². The number of nitrogens with two attached hydrogens (primary N) is 1. The van der Waals surface area contributed by atoms with Crippen LogP contribution in [0.5, 0.6) is 0 Å². The molecule has 106 valence electrons. The summed E-state index contributed by atoms with van der Waals surface area (Å²) in [4.78, 5) is 15.0. The van der Waals surface area contributed by atoms with Gasteiger partial charge >= 0.3 is 5.97 Å². The maximum absolute atomic E-state index is 11.0. The van der Waals surface area contributed by atoms with E-state index in [1.165, 1.54) is 12.1 Å². The van der Waals surface area contributed by atoms with Crippen LogP contribution in [0.3, 0.4) is 0 Å². The van der Waals surface area contributed by atoms with Crippen LogP contribution in [0.15, 0.2) is 12.1 Å². The van der Waals surface area contributed by atoms with Crippen molar-refractivity contribution in [1.29, 1.82) is 0 Å². The first-order valence-corrected chi connectivity index (χ1v) is 6.86. The number of halogens is 1. The normalized spacial score (nSPS) is 10.4. The highest BCUT2D eigenvalue weighted by Crippen LogP contribution is 2.16. The molecule has 0 radical (unpaired) electrons. The van der Waals surface area contributed by atoms with Crippen molar-refractivity contribution in [3.05, 3.63) is 22.8 Å². The van der Waals surface area contributed by atoms with Gasteiger partial charge in [0.25, 0.3) is 0 Å². The lowest BCUT2D eigenvalue weighted by Gasteiger charge is -2.08. The van der Waals surface area contributed by atoms with Crippen molar-refractivity contribution < 1.29 is 9.90 Å². The zero-order valence-corrected chi connectivity index (χ0v) is 11.6. The third-order valence-electron chi connectivity index (χ3n) is 2.77. The van der Waals surface area contributed by atoms with E-state index in [-0.39, 0.29) is 10.7 Å². The molecule has 0 aromatic carbocycles. The van der Waals surface area contributed by atoms with Crippen LogP contribution in [-0.4, -0.2) is 29.1 Å². The van der Waals surface area contributed by atoms with Crippen LogP contribution >= 0.6 is 11.6 Å². The Labute approximate surface area is 118 Å². The number of unbranched alkanes of at least 4 members (excludes halogenated alkanes) is 4. The second kappa shape index (κ2) is 8.72. The molecule has 1 aromatic heterocycles. The number of aromatic carboxylic acids is 1. The predicted octanol–water partition coefficient (Wildman–Crippen LogP) is 2.75. The number of rotatable bonds is 9. The molecule has 1 aromatic rings. The minimum Gasteiger partial charge on any atom is -0.478 e. The van der Waals surface area contributed by atoms with Crippen molar-refractivity contribution in [3.63, 3.8) is 0 Å². The van der Waals surface area contributed by atoms with Crippen LogP contribution in [0.4, 0.5) is 5.82 Å². The van der Waals surface area contributed by atoms with E-state index in [1.54, 1.807) is 0 Å². The van der Waals surface area contributed by atoms with Gasteiger partial charge in [0, 0.05) is 6.54 Å². The van der Waals surface area contributed by atoms with Gasteiger partial charge in [-0.25, -0.2) is 9.78 Å². The fraction of sp³-hybridized carbons (Fsp3) is 0.538. The SMILES string of the molecule is NCCCCCCCNc1nc(Cl)ccc1C(=O)O. The first-order chi connectivity index (χ1) is 9.15. The highest BCUT2D eigenvalue weighted by Gasteiger charge is 2.11. The summed E-state index contributed by atoms with van der Waals surface area (Å²) in [5.41, 5.74) is 5.56. The van der Waals surface area contributed by atoms with E-state index in [4.69, 9.17) is 22.4 Å². The molecule has 0 aliphatic rings. The van der Waals surface area contributed by atoms with Crippen molar-refractivity contribution in [2.45, 2.75) is 32.1 Å².